The van der Waals surface area contributed by atoms with Gasteiger partial charge in [-0.25, -0.2) is 13.1 Å². The van der Waals surface area contributed by atoms with Crippen LogP contribution in [0.5, 0.6) is 0 Å². The summed E-state index contributed by atoms with van der Waals surface area (Å²) in [4.78, 5) is 0.237. The molecule has 1 heterocycles. The Morgan fingerprint density at radius 2 is 2.24 bits per heavy atom. The first kappa shape index (κ1) is 16.5. The zero-order chi connectivity index (χ0) is 15.5. The van der Waals surface area contributed by atoms with Crippen LogP contribution in [0.3, 0.4) is 0 Å². The highest BCUT2D eigenvalue weighted by Crippen LogP contribution is 2.36. The Morgan fingerprint density at radius 3 is 2.90 bits per heavy atom. The molecule has 0 saturated heterocycles. The minimum Gasteiger partial charge on any atom is -0.330 e. The van der Waals surface area contributed by atoms with E-state index in [0.29, 0.717) is 13.1 Å². The van der Waals surface area contributed by atoms with E-state index in [1.807, 2.05) is 0 Å². The molecule has 1 fully saturated rings. The monoisotopic (exact) mass is 314 g/mol. The smallest absolute Gasteiger partial charge is 0.243 e. The maximum Gasteiger partial charge on any atom is 0.243 e. The molecular weight excluding hydrogens is 288 g/mol. The lowest BCUT2D eigenvalue weighted by Gasteiger charge is -2.38. The number of hydrogen-bond acceptors (Lipinski definition) is 4. The molecule has 1 aromatic rings. The summed E-state index contributed by atoms with van der Waals surface area (Å²) in [5.74, 6) is 0. The number of nitrogens with one attached hydrogen (secondary N) is 1. The minimum absolute atomic E-state index is 0.000857. The summed E-state index contributed by atoms with van der Waals surface area (Å²) in [7, 11) is -3.50. The van der Waals surface area contributed by atoms with Gasteiger partial charge in [0.1, 0.15) is 4.90 Å². The topological polar surface area (TPSA) is 90.0 Å². The van der Waals surface area contributed by atoms with Crippen molar-refractivity contribution in [1.29, 1.82) is 0 Å². The van der Waals surface area contributed by atoms with Gasteiger partial charge < -0.3 is 5.73 Å². The van der Waals surface area contributed by atoms with E-state index in [1.165, 1.54) is 12.6 Å². The Bertz CT molecular complexity index is 565. The number of sulfonamides is 1. The average molecular weight is 314 g/mol. The lowest BCUT2D eigenvalue weighted by molar-refractivity contribution is 0.188. The van der Waals surface area contributed by atoms with Crippen LogP contribution in [0.25, 0.3) is 0 Å². The average Bonchev–Trinajstić information content (AvgIpc) is 2.88. The molecule has 120 valence electrons. The van der Waals surface area contributed by atoms with Crippen LogP contribution in [0.15, 0.2) is 17.3 Å². The maximum atomic E-state index is 12.5. The Labute approximate surface area is 127 Å². The number of nitrogens with two attached hydrogens (primary N) is 1. The third-order valence-corrected chi connectivity index (χ3v) is 5.74. The van der Waals surface area contributed by atoms with Crippen molar-refractivity contribution < 1.29 is 8.42 Å². The molecule has 1 aromatic heterocycles. The zero-order valence-electron chi connectivity index (χ0n) is 12.9. The standard InChI is InChI=1S/C14H26N4O2S/c1-14(2)7-4-3-6-13(14)17-21(19,20)12-10-16-18(11-12)9-5-8-15/h10-11,13,17H,3-9,15H2,1-2H3. The zero-order valence-corrected chi connectivity index (χ0v) is 13.7. The van der Waals surface area contributed by atoms with Crippen LogP contribution in [0, 0.1) is 5.41 Å². The molecule has 3 N–H and O–H groups in total. The lowest BCUT2D eigenvalue weighted by atomic mass is 9.74. The molecule has 7 heteroatoms. The second-order valence-corrected chi connectivity index (χ2v) is 8.20. The minimum atomic E-state index is -3.50. The fourth-order valence-electron chi connectivity index (χ4n) is 2.83. The van der Waals surface area contributed by atoms with Crippen molar-refractivity contribution in [3.8, 4) is 0 Å². The summed E-state index contributed by atoms with van der Waals surface area (Å²) in [6.45, 7) is 5.46. The summed E-state index contributed by atoms with van der Waals surface area (Å²) < 4.78 is 29.5. The van der Waals surface area contributed by atoms with E-state index in [4.69, 9.17) is 5.73 Å². The second kappa shape index (κ2) is 6.46. The molecule has 0 bridgehead atoms. The molecule has 0 radical (unpaired) electrons. The van der Waals surface area contributed by atoms with E-state index in [0.717, 1.165) is 25.7 Å². The fourth-order valence-corrected chi connectivity index (χ4v) is 4.22. The molecule has 6 nitrogen and oxygen atoms in total. The van der Waals surface area contributed by atoms with Gasteiger partial charge in [0.2, 0.25) is 10.0 Å². The number of aryl methyl sites for hydroxylation is 1. The Balaban J connectivity index is 2.09. The number of rotatable bonds is 6. The van der Waals surface area contributed by atoms with Crippen LogP contribution in [0.4, 0.5) is 0 Å². The van der Waals surface area contributed by atoms with Crippen molar-refractivity contribution >= 4 is 10.0 Å². The molecule has 1 aliphatic carbocycles. The van der Waals surface area contributed by atoms with Crippen molar-refractivity contribution in [2.75, 3.05) is 6.54 Å². The van der Waals surface area contributed by atoms with Gasteiger partial charge in [-0.2, -0.15) is 5.10 Å². The quantitative estimate of drug-likeness (QED) is 0.832. The maximum absolute atomic E-state index is 12.5. The number of nitrogens with zero attached hydrogens (tertiary/aromatic N) is 2. The van der Waals surface area contributed by atoms with Crippen LogP contribution in [-0.2, 0) is 16.6 Å². The van der Waals surface area contributed by atoms with Crippen molar-refractivity contribution in [2.24, 2.45) is 11.1 Å². The molecular formula is C14H26N4O2S. The number of aromatic nitrogens is 2. The van der Waals surface area contributed by atoms with Crippen molar-refractivity contribution in [1.82, 2.24) is 14.5 Å². The summed E-state index contributed by atoms with van der Waals surface area (Å²) in [6.07, 6.45) is 7.96. The van der Waals surface area contributed by atoms with Gasteiger partial charge in [-0.3, -0.25) is 4.68 Å². The number of hydrogen-bond donors (Lipinski definition) is 2. The highest BCUT2D eigenvalue weighted by atomic mass is 32.2. The first-order valence-corrected chi connectivity index (χ1v) is 9.08. The summed E-state index contributed by atoms with van der Waals surface area (Å²) in [5, 5.41) is 4.09. The van der Waals surface area contributed by atoms with Gasteiger partial charge in [0.25, 0.3) is 0 Å². The van der Waals surface area contributed by atoms with Crippen molar-refractivity contribution in [3.63, 3.8) is 0 Å². The van der Waals surface area contributed by atoms with Crippen LogP contribution >= 0.6 is 0 Å². The molecule has 0 spiro atoms. The van der Waals surface area contributed by atoms with Crippen LogP contribution in [0.2, 0.25) is 0 Å². The molecule has 0 aromatic carbocycles. The highest BCUT2D eigenvalue weighted by Gasteiger charge is 2.35. The third kappa shape index (κ3) is 4.05. The fraction of sp³-hybridized carbons (Fsp3) is 0.786. The SMILES string of the molecule is CC1(C)CCCCC1NS(=O)(=O)c1cnn(CCCN)c1. The first-order chi connectivity index (χ1) is 9.85. The largest absolute Gasteiger partial charge is 0.330 e. The van der Waals surface area contributed by atoms with E-state index in [-0.39, 0.29) is 16.4 Å². The van der Waals surface area contributed by atoms with E-state index < -0.39 is 10.0 Å². The lowest BCUT2D eigenvalue weighted by Crippen LogP contribution is -2.46. The van der Waals surface area contributed by atoms with Gasteiger partial charge in [-0.1, -0.05) is 26.7 Å². The van der Waals surface area contributed by atoms with Gasteiger partial charge in [0, 0.05) is 18.8 Å². The Kier molecular flexibility index (Phi) is 5.06. The molecule has 21 heavy (non-hydrogen) atoms. The van der Waals surface area contributed by atoms with Gasteiger partial charge in [0.15, 0.2) is 0 Å². The van der Waals surface area contributed by atoms with Gasteiger partial charge >= 0.3 is 0 Å². The first-order valence-electron chi connectivity index (χ1n) is 7.60. The van der Waals surface area contributed by atoms with Crippen molar-refractivity contribution in [2.45, 2.75) is 63.4 Å². The van der Waals surface area contributed by atoms with Crippen LogP contribution in [-0.4, -0.2) is 30.8 Å². The van der Waals surface area contributed by atoms with Gasteiger partial charge in [-0.05, 0) is 31.2 Å². The molecule has 1 aliphatic rings. The molecule has 0 aliphatic heterocycles. The normalized spacial score (nSPS) is 22.3. The van der Waals surface area contributed by atoms with Gasteiger partial charge in [0.05, 0.1) is 6.20 Å². The molecule has 2 rings (SSSR count). The van der Waals surface area contributed by atoms with E-state index in [1.54, 1.807) is 10.9 Å². The summed E-state index contributed by atoms with van der Waals surface area (Å²) in [6, 6.07) is -0.0105. The third-order valence-electron chi connectivity index (χ3n) is 4.32. The van der Waals surface area contributed by atoms with Crippen LogP contribution < -0.4 is 10.5 Å². The summed E-state index contributed by atoms with van der Waals surface area (Å²) >= 11 is 0. The Morgan fingerprint density at radius 1 is 1.48 bits per heavy atom. The second-order valence-electron chi connectivity index (χ2n) is 6.49. The van der Waals surface area contributed by atoms with Crippen molar-refractivity contribution in [3.05, 3.63) is 12.4 Å². The van der Waals surface area contributed by atoms with E-state index >= 15 is 0 Å². The summed E-state index contributed by atoms with van der Waals surface area (Å²) in [5.41, 5.74) is 5.45. The predicted molar refractivity (Wildman–Crippen MR) is 82.3 cm³/mol. The van der Waals surface area contributed by atoms with Gasteiger partial charge in [-0.15, -0.1) is 0 Å². The Hall–Kier alpha value is -0.920. The predicted octanol–water partition coefficient (Wildman–Crippen LogP) is 1.48. The molecule has 1 unspecified atom stereocenters. The van der Waals surface area contributed by atoms with Crippen LogP contribution in [0.1, 0.15) is 46.0 Å². The molecule has 0 amide bonds. The van der Waals surface area contributed by atoms with E-state index in [9.17, 15) is 8.42 Å². The highest BCUT2D eigenvalue weighted by molar-refractivity contribution is 7.89. The molecule has 1 saturated carbocycles. The van der Waals surface area contributed by atoms with E-state index in [2.05, 4.69) is 23.7 Å². The molecule has 1 atom stereocenters.